The molecule has 8 heteroatoms. The van der Waals surface area contributed by atoms with E-state index in [1.807, 2.05) is 18.2 Å². The zero-order valence-electron chi connectivity index (χ0n) is 16.1. The summed E-state index contributed by atoms with van der Waals surface area (Å²) >= 11 is 0. The standard InChI is InChI=1S/C21H22N2O6/c1-2-27-17-7-6-15(11-16(17)23(25)26)21(24)22-20(13-3-4-13)14-5-8-18-19(12-14)29-10-9-28-18/h5-8,11-13,20H,2-4,9-10H2,1H3,(H,22,24). The van der Waals surface area contributed by atoms with Gasteiger partial charge in [-0.2, -0.15) is 0 Å². The van der Waals surface area contributed by atoms with Gasteiger partial charge in [0, 0.05) is 11.6 Å². The van der Waals surface area contributed by atoms with Crippen LogP contribution in [-0.4, -0.2) is 30.7 Å². The number of benzene rings is 2. The zero-order valence-corrected chi connectivity index (χ0v) is 16.1. The van der Waals surface area contributed by atoms with E-state index >= 15 is 0 Å². The summed E-state index contributed by atoms with van der Waals surface area (Å²) in [7, 11) is 0. The molecular formula is C21H22N2O6. The van der Waals surface area contributed by atoms with E-state index in [-0.39, 0.29) is 28.9 Å². The third-order valence-electron chi connectivity index (χ3n) is 5.02. The normalized spacial score (nSPS) is 16.0. The largest absolute Gasteiger partial charge is 0.487 e. The fourth-order valence-corrected chi connectivity index (χ4v) is 3.46. The van der Waals surface area contributed by atoms with Crippen molar-refractivity contribution in [1.29, 1.82) is 0 Å². The molecule has 1 atom stereocenters. The highest BCUT2D eigenvalue weighted by Gasteiger charge is 2.34. The van der Waals surface area contributed by atoms with Crippen LogP contribution in [0.25, 0.3) is 0 Å². The number of fused-ring (bicyclic) bond motifs is 1. The molecule has 0 bridgehead atoms. The van der Waals surface area contributed by atoms with Gasteiger partial charge in [0.15, 0.2) is 17.2 Å². The van der Waals surface area contributed by atoms with Crippen LogP contribution in [-0.2, 0) is 0 Å². The second-order valence-electron chi connectivity index (χ2n) is 7.06. The van der Waals surface area contributed by atoms with Crippen molar-refractivity contribution in [2.24, 2.45) is 5.92 Å². The van der Waals surface area contributed by atoms with Gasteiger partial charge < -0.3 is 19.5 Å². The molecule has 4 rings (SSSR count). The maximum absolute atomic E-state index is 12.9. The molecule has 2 aromatic carbocycles. The topological polar surface area (TPSA) is 99.9 Å². The molecule has 1 aliphatic carbocycles. The van der Waals surface area contributed by atoms with Crippen molar-refractivity contribution < 1.29 is 23.9 Å². The molecule has 1 aliphatic heterocycles. The Labute approximate surface area is 167 Å². The Morgan fingerprint density at radius 2 is 1.97 bits per heavy atom. The van der Waals surface area contributed by atoms with Crippen LogP contribution in [0.1, 0.15) is 41.7 Å². The monoisotopic (exact) mass is 398 g/mol. The summed E-state index contributed by atoms with van der Waals surface area (Å²) in [6.07, 6.45) is 2.03. The first kappa shape index (κ1) is 19.0. The Morgan fingerprint density at radius 3 is 2.66 bits per heavy atom. The van der Waals surface area contributed by atoms with E-state index in [4.69, 9.17) is 14.2 Å². The Bertz CT molecular complexity index is 941. The maximum Gasteiger partial charge on any atom is 0.311 e. The third kappa shape index (κ3) is 4.11. The number of ether oxygens (including phenoxy) is 3. The van der Waals surface area contributed by atoms with Gasteiger partial charge in [0.1, 0.15) is 13.2 Å². The van der Waals surface area contributed by atoms with Gasteiger partial charge in [-0.3, -0.25) is 14.9 Å². The summed E-state index contributed by atoms with van der Waals surface area (Å²) in [5.74, 6) is 1.50. The molecule has 1 N–H and O–H groups in total. The fourth-order valence-electron chi connectivity index (χ4n) is 3.46. The van der Waals surface area contributed by atoms with Crippen LogP contribution in [0.3, 0.4) is 0 Å². The summed E-state index contributed by atoms with van der Waals surface area (Å²) in [5, 5.41) is 14.4. The first-order valence-electron chi connectivity index (χ1n) is 9.68. The molecule has 0 spiro atoms. The van der Waals surface area contributed by atoms with E-state index in [1.54, 1.807) is 13.0 Å². The third-order valence-corrected chi connectivity index (χ3v) is 5.02. The van der Waals surface area contributed by atoms with Crippen molar-refractivity contribution in [3.63, 3.8) is 0 Å². The Balaban J connectivity index is 1.57. The number of nitro benzene ring substituents is 1. The number of nitrogens with zero attached hydrogens (tertiary/aromatic N) is 1. The highest BCUT2D eigenvalue weighted by molar-refractivity contribution is 5.95. The Kier molecular flexibility index (Phi) is 5.24. The fraction of sp³-hybridized carbons (Fsp3) is 0.381. The number of rotatable bonds is 7. The zero-order chi connectivity index (χ0) is 20.4. The van der Waals surface area contributed by atoms with E-state index in [2.05, 4.69) is 5.32 Å². The molecule has 2 aliphatic rings. The molecule has 1 fully saturated rings. The SMILES string of the molecule is CCOc1ccc(C(=O)NC(c2ccc3c(c2)OCCO3)C2CC2)cc1[N+](=O)[O-]. The minimum atomic E-state index is -0.541. The number of carbonyl (C=O) groups is 1. The van der Waals surface area contributed by atoms with Gasteiger partial charge in [-0.1, -0.05) is 6.07 Å². The molecule has 29 heavy (non-hydrogen) atoms. The number of hydrogen-bond donors (Lipinski definition) is 1. The van der Waals surface area contributed by atoms with E-state index in [1.165, 1.54) is 12.1 Å². The number of carbonyl (C=O) groups excluding carboxylic acids is 1. The average molecular weight is 398 g/mol. The summed E-state index contributed by atoms with van der Waals surface area (Å²) in [4.78, 5) is 23.7. The van der Waals surface area contributed by atoms with Gasteiger partial charge in [0.05, 0.1) is 17.6 Å². The number of hydrogen-bond acceptors (Lipinski definition) is 6. The lowest BCUT2D eigenvalue weighted by atomic mass is 10.0. The molecule has 8 nitrogen and oxygen atoms in total. The van der Waals surface area contributed by atoms with Gasteiger partial charge in [-0.15, -0.1) is 0 Å². The molecule has 0 radical (unpaired) electrons. The lowest BCUT2D eigenvalue weighted by Gasteiger charge is -2.23. The van der Waals surface area contributed by atoms with Gasteiger partial charge in [-0.05, 0) is 55.5 Å². The van der Waals surface area contributed by atoms with Crippen LogP contribution in [0, 0.1) is 16.0 Å². The van der Waals surface area contributed by atoms with Crippen LogP contribution in [0.4, 0.5) is 5.69 Å². The van der Waals surface area contributed by atoms with E-state index in [0.717, 1.165) is 18.4 Å². The van der Waals surface area contributed by atoms with Crippen molar-refractivity contribution in [1.82, 2.24) is 5.32 Å². The van der Waals surface area contributed by atoms with Crippen molar-refractivity contribution in [2.45, 2.75) is 25.8 Å². The predicted molar refractivity (Wildman–Crippen MR) is 105 cm³/mol. The Morgan fingerprint density at radius 1 is 1.21 bits per heavy atom. The van der Waals surface area contributed by atoms with E-state index in [0.29, 0.717) is 37.2 Å². The summed E-state index contributed by atoms with van der Waals surface area (Å²) in [5.41, 5.74) is 0.940. The average Bonchev–Trinajstić information content (AvgIpc) is 3.57. The molecule has 0 aromatic heterocycles. The van der Waals surface area contributed by atoms with Crippen molar-refractivity contribution in [2.75, 3.05) is 19.8 Å². The molecule has 152 valence electrons. The number of nitrogens with one attached hydrogen (secondary N) is 1. The molecular weight excluding hydrogens is 376 g/mol. The predicted octanol–water partition coefficient (Wildman–Crippen LogP) is 3.65. The van der Waals surface area contributed by atoms with Gasteiger partial charge in [0.25, 0.3) is 5.91 Å². The lowest BCUT2D eigenvalue weighted by molar-refractivity contribution is -0.385. The minimum absolute atomic E-state index is 0.152. The summed E-state index contributed by atoms with van der Waals surface area (Å²) in [6, 6.07) is 9.76. The van der Waals surface area contributed by atoms with Crippen molar-refractivity contribution in [3.05, 3.63) is 57.6 Å². The van der Waals surface area contributed by atoms with E-state index in [9.17, 15) is 14.9 Å². The first-order chi connectivity index (χ1) is 14.1. The summed E-state index contributed by atoms with van der Waals surface area (Å²) in [6.45, 7) is 3.07. The molecule has 2 aromatic rings. The van der Waals surface area contributed by atoms with E-state index < -0.39 is 4.92 Å². The number of nitro groups is 1. The van der Waals surface area contributed by atoms with Gasteiger partial charge >= 0.3 is 5.69 Å². The smallest absolute Gasteiger partial charge is 0.311 e. The minimum Gasteiger partial charge on any atom is -0.487 e. The van der Waals surface area contributed by atoms with Crippen LogP contribution in [0.5, 0.6) is 17.2 Å². The lowest BCUT2D eigenvalue weighted by Crippen LogP contribution is -2.30. The summed E-state index contributed by atoms with van der Waals surface area (Å²) < 4.78 is 16.5. The highest BCUT2D eigenvalue weighted by Crippen LogP contribution is 2.43. The molecule has 0 saturated heterocycles. The second kappa shape index (κ2) is 7.98. The van der Waals surface area contributed by atoms with Crippen molar-refractivity contribution in [3.8, 4) is 17.2 Å². The quantitative estimate of drug-likeness (QED) is 0.565. The van der Waals surface area contributed by atoms with Crippen LogP contribution in [0.15, 0.2) is 36.4 Å². The molecule has 1 saturated carbocycles. The van der Waals surface area contributed by atoms with Gasteiger partial charge in [-0.25, -0.2) is 0 Å². The Hall–Kier alpha value is -3.29. The van der Waals surface area contributed by atoms with Gasteiger partial charge in [0.2, 0.25) is 0 Å². The van der Waals surface area contributed by atoms with Crippen LogP contribution >= 0.6 is 0 Å². The second-order valence-corrected chi connectivity index (χ2v) is 7.06. The molecule has 1 amide bonds. The van der Waals surface area contributed by atoms with Crippen LogP contribution in [0.2, 0.25) is 0 Å². The van der Waals surface area contributed by atoms with Crippen molar-refractivity contribution >= 4 is 11.6 Å². The number of amides is 1. The highest BCUT2D eigenvalue weighted by atomic mass is 16.6. The van der Waals surface area contributed by atoms with Crippen LogP contribution < -0.4 is 19.5 Å². The first-order valence-corrected chi connectivity index (χ1v) is 9.68. The molecule has 1 heterocycles. The molecule has 1 unspecified atom stereocenters. The maximum atomic E-state index is 12.9.